The van der Waals surface area contributed by atoms with Crippen LogP contribution in [0, 0.1) is 17.2 Å². The Labute approximate surface area is 99.6 Å². The van der Waals surface area contributed by atoms with Gasteiger partial charge in [-0.1, -0.05) is 19.8 Å². The number of nitrogens with two attached hydrogens (primary N) is 1. The van der Waals surface area contributed by atoms with Gasteiger partial charge in [-0.15, -0.1) is 0 Å². The van der Waals surface area contributed by atoms with E-state index in [1.54, 1.807) is 0 Å². The quantitative estimate of drug-likeness (QED) is 0.794. The van der Waals surface area contributed by atoms with Gasteiger partial charge >= 0.3 is 0 Å². The molecule has 0 aromatic rings. The van der Waals surface area contributed by atoms with Crippen LogP contribution in [-0.2, 0) is 0 Å². The van der Waals surface area contributed by atoms with Gasteiger partial charge in [-0.2, -0.15) is 5.26 Å². The molecule has 1 rings (SSSR count). The third kappa shape index (κ3) is 4.51. The third-order valence-corrected chi connectivity index (χ3v) is 3.44. The van der Waals surface area contributed by atoms with Crippen LogP contribution in [0.3, 0.4) is 0 Å². The van der Waals surface area contributed by atoms with Crippen molar-refractivity contribution in [3.8, 4) is 6.07 Å². The van der Waals surface area contributed by atoms with Crippen molar-refractivity contribution < 1.29 is 0 Å². The molecule has 0 amide bonds. The molecule has 0 radical (unpaired) electrons. The number of nitriles is 1. The average molecular weight is 223 g/mol. The zero-order valence-electron chi connectivity index (χ0n) is 10.7. The van der Waals surface area contributed by atoms with E-state index in [2.05, 4.69) is 17.9 Å². The molecule has 0 bridgehead atoms. The van der Waals surface area contributed by atoms with Gasteiger partial charge in [-0.25, -0.2) is 0 Å². The fourth-order valence-corrected chi connectivity index (χ4v) is 2.58. The van der Waals surface area contributed by atoms with Crippen LogP contribution in [0.1, 0.15) is 46.0 Å². The summed E-state index contributed by atoms with van der Waals surface area (Å²) in [6.45, 7) is 7.01. The first-order chi connectivity index (χ1) is 7.57. The smallest absolute Gasteiger partial charge is 0.114 e. The largest absolute Gasteiger partial charge is 0.313 e. The van der Waals surface area contributed by atoms with E-state index in [1.165, 1.54) is 32.1 Å². The van der Waals surface area contributed by atoms with E-state index in [9.17, 15) is 0 Å². The molecule has 1 fully saturated rings. The minimum absolute atomic E-state index is 0.690. The lowest BCUT2D eigenvalue weighted by Crippen LogP contribution is -2.47. The molecule has 0 spiro atoms. The Bertz CT molecular complexity index is 242. The van der Waals surface area contributed by atoms with Crippen molar-refractivity contribution in [3.05, 3.63) is 0 Å². The van der Waals surface area contributed by atoms with Gasteiger partial charge in [0.1, 0.15) is 5.54 Å². The van der Waals surface area contributed by atoms with E-state index >= 15 is 0 Å². The van der Waals surface area contributed by atoms with Crippen LogP contribution in [0.15, 0.2) is 0 Å². The maximum atomic E-state index is 8.93. The Morgan fingerprint density at radius 1 is 1.44 bits per heavy atom. The van der Waals surface area contributed by atoms with E-state index in [4.69, 9.17) is 11.0 Å². The lowest BCUT2D eigenvalue weighted by molar-refractivity contribution is 0.245. The van der Waals surface area contributed by atoms with Crippen molar-refractivity contribution in [1.29, 1.82) is 5.26 Å². The lowest BCUT2D eigenvalue weighted by atomic mass is 9.96. The third-order valence-electron chi connectivity index (χ3n) is 3.44. The summed E-state index contributed by atoms with van der Waals surface area (Å²) in [4.78, 5) is 2.36. The molecule has 1 heterocycles. The Hall–Kier alpha value is -0.590. The topological polar surface area (TPSA) is 53.0 Å². The molecular formula is C13H25N3. The van der Waals surface area contributed by atoms with E-state index in [1.807, 2.05) is 6.92 Å². The van der Waals surface area contributed by atoms with Crippen LogP contribution in [0.4, 0.5) is 0 Å². The Kier molecular flexibility index (Phi) is 5.24. The number of hydrogen-bond donors (Lipinski definition) is 1. The molecule has 2 unspecified atom stereocenters. The molecule has 0 aliphatic carbocycles. The van der Waals surface area contributed by atoms with Crippen LogP contribution >= 0.6 is 0 Å². The maximum absolute atomic E-state index is 8.93. The SMILES string of the molecule is CCCC1CCCN(CC(C)(N)C#N)CC1. The fraction of sp³-hybridized carbons (Fsp3) is 0.923. The predicted molar refractivity (Wildman–Crippen MR) is 66.9 cm³/mol. The van der Waals surface area contributed by atoms with Crippen molar-refractivity contribution in [1.82, 2.24) is 4.90 Å². The maximum Gasteiger partial charge on any atom is 0.114 e. The molecule has 2 atom stereocenters. The number of rotatable bonds is 4. The molecule has 0 aromatic carbocycles. The summed E-state index contributed by atoms with van der Waals surface area (Å²) in [7, 11) is 0. The van der Waals surface area contributed by atoms with Crippen LogP contribution < -0.4 is 5.73 Å². The van der Waals surface area contributed by atoms with E-state index in [0.717, 1.165) is 19.0 Å². The Morgan fingerprint density at radius 2 is 2.19 bits per heavy atom. The molecule has 92 valence electrons. The van der Waals surface area contributed by atoms with Gasteiger partial charge in [0, 0.05) is 6.54 Å². The van der Waals surface area contributed by atoms with Crippen molar-refractivity contribution in [2.75, 3.05) is 19.6 Å². The van der Waals surface area contributed by atoms with Gasteiger partial charge in [0.2, 0.25) is 0 Å². The Balaban J connectivity index is 2.39. The number of likely N-dealkylation sites (tertiary alicyclic amines) is 1. The molecule has 3 heteroatoms. The summed E-state index contributed by atoms with van der Waals surface area (Å²) in [6.07, 6.45) is 6.52. The fourth-order valence-electron chi connectivity index (χ4n) is 2.58. The standard InChI is InChI=1S/C13H25N3/c1-3-5-12-6-4-8-16(9-7-12)11-13(2,15)10-14/h12H,3-9,11,15H2,1-2H3. The first-order valence-electron chi connectivity index (χ1n) is 6.50. The van der Waals surface area contributed by atoms with E-state index in [-0.39, 0.29) is 0 Å². The minimum atomic E-state index is -0.690. The average Bonchev–Trinajstić information content (AvgIpc) is 2.44. The summed E-state index contributed by atoms with van der Waals surface area (Å²) >= 11 is 0. The number of nitrogens with zero attached hydrogens (tertiary/aromatic N) is 2. The van der Waals surface area contributed by atoms with Gasteiger partial charge in [0.05, 0.1) is 6.07 Å². The summed E-state index contributed by atoms with van der Waals surface area (Å²) in [5, 5.41) is 8.93. The van der Waals surface area contributed by atoms with Gasteiger partial charge in [-0.05, 0) is 45.2 Å². The molecule has 1 aliphatic heterocycles. The zero-order chi connectivity index (χ0) is 12.0. The second-order valence-electron chi connectivity index (χ2n) is 5.39. The van der Waals surface area contributed by atoms with Gasteiger partial charge in [0.25, 0.3) is 0 Å². The van der Waals surface area contributed by atoms with Crippen LogP contribution in [-0.4, -0.2) is 30.1 Å². The Morgan fingerprint density at radius 3 is 2.81 bits per heavy atom. The van der Waals surface area contributed by atoms with Crippen LogP contribution in [0.2, 0.25) is 0 Å². The second kappa shape index (κ2) is 6.22. The van der Waals surface area contributed by atoms with Crippen molar-refractivity contribution in [2.45, 2.75) is 51.5 Å². The molecule has 0 aromatic heterocycles. The molecular weight excluding hydrogens is 198 g/mol. The zero-order valence-corrected chi connectivity index (χ0v) is 10.7. The molecule has 16 heavy (non-hydrogen) atoms. The highest BCUT2D eigenvalue weighted by molar-refractivity contribution is 5.03. The minimum Gasteiger partial charge on any atom is -0.313 e. The molecule has 2 N–H and O–H groups in total. The highest BCUT2D eigenvalue weighted by Gasteiger charge is 2.24. The van der Waals surface area contributed by atoms with Crippen molar-refractivity contribution in [3.63, 3.8) is 0 Å². The molecule has 1 saturated heterocycles. The van der Waals surface area contributed by atoms with Gasteiger partial charge in [-0.3, -0.25) is 0 Å². The summed E-state index contributed by atoms with van der Waals surface area (Å²) < 4.78 is 0. The highest BCUT2D eigenvalue weighted by Crippen LogP contribution is 2.22. The van der Waals surface area contributed by atoms with Crippen LogP contribution in [0.25, 0.3) is 0 Å². The first-order valence-corrected chi connectivity index (χ1v) is 6.50. The van der Waals surface area contributed by atoms with Crippen molar-refractivity contribution >= 4 is 0 Å². The van der Waals surface area contributed by atoms with E-state index < -0.39 is 5.54 Å². The summed E-state index contributed by atoms with van der Waals surface area (Å²) in [5.74, 6) is 0.890. The monoisotopic (exact) mass is 223 g/mol. The summed E-state index contributed by atoms with van der Waals surface area (Å²) in [5.41, 5.74) is 5.20. The lowest BCUT2D eigenvalue weighted by Gasteiger charge is -2.26. The van der Waals surface area contributed by atoms with Crippen LogP contribution in [0.5, 0.6) is 0 Å². The van der Waals surface area contributed by atoms with E-state index in [0.29, 0.717) is 6.54 Å². The normalized spacial score (nSPS) is 26.8. The first kappa shape index (κ1) is 13.5. The molecule has 1 aliphatic rings. The number of hydrogen-bond acceptors (Lipinski definition) is 3. The predicted octanol–water partition coefficient (Wildman–Crippen LogP) is 2.13. The molecule has 3 nitrogen and oxygen atoms in total. The van der Waals surface area contributed by atoms with Crippen molar-refractivity contribution in [2.24, 2.45) is 11.7 Å². The molecule has 0 saturated carbocycles. The second-order valence-corrected chi connectivity index (χ2v) is 5.39. The summed E-state index contributed by atoms with van der Waals surface area (Å²) in [6, 6.07) is 2.18. The van der Waals surface area contributed by atoms with Gasteiger partial charge in [0.15, 0.2) is 0 Å². The van der Waals surface area contributed by atoms with Gasteiger partial charge < -0.3 is 10.6 Å². The highest BCUT2D eigenvalue weighted by atomic mass is 15.1.